The number of rotatable bonds is 4. The monoisotopic (exact) mass is 325 g/mol. The number of hydrazine groups is 1. The van der Waals surface area contributed by atoms with Crippen LogP contribution in [0, 0.1) is 10.1 Å². The van der Waals surface area contributed by atoms with Crippen LogP contribution >= 0.6 is 15.9 Å². The molecule has 2 rings (SSSR count). The molecule has 9 heteroatoms. The number of nitrogens with one attached hydrogen (secondary N) is 1. The molecule has 0 unspecified atom stereocenters. The van der Waals surface area contributed by atoms with Gasteiger partial charge in [-0.3, -0.25) is 15.5 Å². The van der Waals surface area contributed by atoms with Crippen LogP contribution in [0.1, 0.15) is 0 Å². The second-order valence-electron chi connectivity index (χ2n) is 3.32. The van der Waals surface area contributed by atoms with Crippen molar-refractivity contribution in [2.45, 2.75) is 0 Å². The fourth-order valence-electron chi connectivity index (χ4n) is 1.29. The highest BCUT2D eigenvalue weighted by Gasteiger charge is 2.16. The lowest BCUT2D eigenvalue weighted by atomic mass is 10.3. The van der Waals surface area contributed by atoms with Gasteiger partial charge < -0.3 is 4.74 Å². The molecule has 0 spiro atoms. The number of nitro benzene ring substituents is 1. The summed E-state index contributed by atoms with van der Waals surface area (Å²) in [6, 6.07) is 5.99. The molecule has 0 saturated carbocycles. The lowest BCUT2D eigenvalue weighted by Gasteiger charge is -2.07. The van der Waals surface area contributed by atoms with Crippen LogP contribution in [0.3, 0.4) is 0 Å². The number of nitrogens with two attached hydrogens (primary N) is 1. The number of nitrogens with zero attached hydrogens (tertiary/aromatic N) is 3. The van der Waals surface area contributed by atoms with Crippen LogP contribution in [0.25, 0.3) is 0 Å². The molecule has 8 nitrogen and oxygen atoms in total. The summed E-state index contributed by atoms with van der Waals surface area (Å²) in [6.45, 7) is 0. The summed E-state index contributed by atoms with van der Waals surface area (Å²) in [4.78, 5) is 18.1. The van der Waals surface area contributed by atoms with Crippen LogP contribution in [0.15, 0.2) is 34.9 Å². The molecule has 1 heterocycles. The maximum atomic E-state index is 10.9. The number of ether oxygens (including phenoxy) is 1. The average molecular weight is 326 g/mol. The molecule has 3 N–H and O–H groups in total. The minimum absolute atomic E-state index is 0.0786. The van der Waals surface area contributed by atoms with Gasteiger partial charge in [-0.25, -0.2) is 10.8 Å². The van der Waals surface area contributed by atoms with Gasteiger partial charge in [0.1, 0.15) is 0 Å². The quantitative estimate of drug-likeness (QED) is 0.502. The van der Waals surface area contributed by atoms with E-state index in [4.69, 9.17) is 10.6 Å². The van der Waals surface area contributed by atoms with Gasteiger partial charge in [-0.2, -0.15) is 4.98 Å². The second-order valence-corrected chi connectivity index (χ2v) is 4.17. The fraction of sp³-hybridized carbons (Fsp3) is 0. The number of hydrogen-bond acceptors (Lipinski definition) is 7. The Morgan fingerprint density at radius 2 is 2.16 bits per heavy atom. The third kappa shape index (κ3) is 2.95. The molecular weight excluding hydrogens is 318 g/mol. The second kappa shape index (κ2) is 5.59. The third-order valence-electron chi connectivity index (χ3n) is 2.11. The summed E-state index contributed by atoms with van der Waals surface area (Å²) in [5.74, 6) is 5.52. The predicted octanol–water partition coefficient (Wildman–Crippen LogP) is 2.23. The van der Waals surface area contributed by atoms with Gasteiger partial charge in [0.2, 0.25) is 17.6 Å². The SMILES string of the molecule is NNc1ncc(Br)c(Oc2ccccc2[N+](=O)[O-])n1. The Morgan fingerprint density at radius 3 is 2.84 bits per heavy atom. The smallest absolute Gasteiger partial charge is 0.311 e. The van der Waals surface area contributed by atoms with Gasteiger partial charge in [0.25, 0.3) is 0 Å². The summed E-state index contributed by atoms with van der Waals surface area (Å²) in [5.41, 5.74) is 2.10. The van der Waals surface area contributed by atoms with Crippen molar-refractivity contribution in [3.63, 3.8) is 0 Å². The van der Waals surface area contributed by atoms with Crippen LogP contribution in [-0.4, -0.2) is 14.9 Å². The first-order chi connectivity index (χ1) is 9.11. The van der Waals surface area contributed by atoms with Crippen molar-refractivity contribution in [2.24, 2.45) is 5.84 Å². The van der Waals surface area contributed by atoms with Gasteiger partial charge in [-0.1, -0.05) is 12.1 Å². The molecular formula is C10H8BrN5O3. The average Bonchev–Trinajstić information content (AvgIpc) is 2.41. The Kier molecular flexibility index (Phi) is 3.88. The van der Waals surface area contributed by atoms with E-state index in [1.165, 1.54) is 18.3 Å². The molecule has 0 aliphatic carbocycles. The Hall–Kier alpha value is -2.26. The Morgan fingerprint density at radius 1 is 1.42 bits per heavy atom. The third-order valence-corrected chi connectivity index (χ3v) is 2.65. The molecule has 0 bridgehead atoms. The Bertz CT molecular complexity index is 622. The highest BCUT2D eigenvalue weighted by molar-refractivity contribution is 9.10. The van der Waals surface area contributed by atoms with Crippen LogP contribution in [-0.2, 0) is 0 Å². The first-order valence-corrected chi connectivity index (χ1v) is 5.81. The summed E-state index contributed by atoms with van der Waals surface area (Å²) in [7, 11) is 0. The number of benzene rings is 1. The standard InChI is InChI=1S/C10H8BrN5O3/c11-6-5-13-10(15-12)14-9(6)19-8-4-2-1-3-7(8)16(17)18/h1-5H,12H2,(H,13,14,15). The molecule has 0 radical (unpaired) electrons. The molecule has 0 atom stereocenters. The number of para-hydroxylation sites is 2. The van der Waals surface area contributed by atoms with Crippen LogP contribution in [0.4, 0.5) is 11.6 Å². The van der Waals surface area contributed by atoms with Crippen molar-refractivity contribution in [3.8, 4) is 11.6 Å². The molecule has 98 valence electrons. The van der Waals surface area contributed by atoms with E-state index < -0.39 is 4.92 Å². The highest BCUT2D eigenvalue weighted by Crippen LogP contribution is 2.33. The van der Waals surface area contributed by atoms with Gasteiger partial charge in [-0.05, 0) is 22.0 Å². The number of nitro groups is 1. The first-order valence-electron chi connectivity index (χ1n) is 5.02. The van der Waals surface area contributed by atoms with Crippen LogP contribution in [0.5, 0.6) is 11.6 Å². The van der Waals surface area contributed by atoms with E-state index in [1.54, 1.807) is 12.1 Å². The first kappa shape index (κ1) is 13.2. The van der Waals surface area contributed by atoms with Gasteiger partial charge in [0.15, 0.2) is 0 Å². The zero-order chi connectivity index (χ0) is 13.8. The van der Waals surface area contributed by atoms with E-state index in [0.717, 1.165) is 0 Å². The molecule has 0 aliphatic rings. The normalized spacial score (nSPS) is 10.0. The van der Waals surface area contributed by atoms with E-state index in [1.807, 2.05) is 0 Å². The number of nitrogen functional groups attached to an aromatic ring is 1. The minimum Gasteiger partial charge on any atom is -0.430 e. The lowest BCUT2D eigenvalue weighted by Crippen LogP contribution is -2.10. The molecule has 0 fully saturated rings. The molecule has 0 saturated heterocycles. The van der Waals surface area contributed by atoms with Gasteiger partial charge in [0.05, 0.1) is 15.6 Å². The van der Waals surface area contributed by atoms with Gasteiger partial charge in [-0.15, -0.1) is 0 Å². The largest absolute Gasteiger partial charge is 0.430 e. The maximum Gasteiger partial charge on any atom is 0.311 e. The van der Waals surface area contributed by atoms with Gasteiger partial charge in [0, 0.05) is 6.07 Å². The van der Waals surface area contributed by atoms with Crippen molar-refractivity contribution in [1.29, 1.82) is 0 Å². The van der Waals surface area contributed by atoms with Crippen molar-refractivity contribution in [3.05, 3.63) is 45.0 Å². The summed E-state index contributed by atoms with van der Waals surface area (Å²) in [5, 5.41) is 10.9. The van der Waals surface area contributed by atoms with E-state index >= 15 is 0 Å². The van der Waals surface area contributed by atoms with Crippen molar-refractivity contribution >= 4 is 27.6 Å². The lowest BCUT2D eigenvalue weighted by molar-refractivity contribution is -0.385. The predicted molar refractivity (Wildman–Crippen MR) is 70.7 cm³/mol. The highest BCUT2D eigenvalue weighted by atomic mass is 79.9. The fourth-order valence-corrected chi connectivity index (χ4v) is 1.56. The molecule has 19 heavy (non-hydrogen) atoms. The maximum absolute atomic E-state index is 10.9. The zero-order valence-electron chi connectivity index (χ0n) is 9.41. The molecule has 1 aromatic carbocycles. The number of anilines is 1. The van der Waals surface area contributed by atoms with Gasteiger partial charge >= 0.3 is 5.69 Å². The van der Waals surface area contributed by atoms with Crippen molar-refractivity contribution < 1.29 is 9.66 Å². The van der Waals surface area contributed by atoms with Crippen LogP contribution < -0.4 is 16.0 Å². The number of hydrogen-bond donors (Lipinski definition) is 2. The Labute approximate surface area is 115 Å². The van der Waals surface area contributed by atoms with E-state index in [0.29, 0.717) is 4.47 Å². The van der Waals surface area contributed by atoms with Crippen LogP contribution in [0.2, 0.25) is 0 Å². The topological polar surface area (TPSA) is 116 Å². The minimum atomic E-state index is -0.535. The molecule has 1 aromatic heterocycles. The summed E-state index contributed by atoms with van der Waals surface area (Å²) >= 11 is 3.19. The van der Waals surface area contributed by atoms with E-state index in [2.05, 4.69) is 31.3 Å². The van der Waals surface area contributed by atoms with E-state index in [9.17, 15) is 10.1 Å². The summed E-state index contributed by atoms with van der Waals surface area (Å²) in [6.07, 6.45) is 1.42. The molecule has 0 amide bonds. The molecule has 2 aromatic rings. The zero-order valence-corrected chi connectivity index (χ0v) is 11.0. The van der Waals surface area contributed by atoms with Crippen molar-refractivity contribution in [1.82, 2.24) is 9.97 Å². The number of halogens is 1. The molecule has 0 aliphatic heterocycles. The van der Waals surface area contributed by atoms with Crippen molar-refractivity contribution in [2.75, 3.05) is 5.43 Å². The number of aromatic nitrogens is 2. The Balaban J connectivity index is 2.38. The van der Waals surface area contributed by atoms with E-state index in [-0.39, 0.29) is 23.3 Å². The summed E-state index contributed by atoms with van der Waals surface area (Å²) < 4.78 is 5.86.